The summed E-state index contributed by atoms with van der Waals surface area (Å²) in [4.78, 5) is 0. The van der Waals surface area contributed by atoms with Crippen LogP contribution in [0.5, 0.6) is 0 Å². The summed E-state index contributed by atoms with van der Waals surface area (Å²) in [7, 11) is 0. The molecule has 2 rings (SSSR count). The van der Waals surface area contributed by atoms with Crippen molar-refractivity contribution in [1.29, 1.82) is 0 Å². The molecule has 0 radical (unpaired) electrons. The standard InChI is InChI=1S/C16H26N2/c1-12-5-3-7-14(9-12)11-16(18-17)15-8-4-6-13(2)10-15/h3,5,7,9,13,15-16,18H,4,6,8,10-11,17H2,1-2H3. The molecule has 3 unspecified atom stereocenters. The van der Waals surface area contributed by atoms with Crippen LogP contribution in [0.15, 0.2) is 24.3 Å². The molecule has 1 fully saturated rings. The van der Waals surface area contributed by atoms with E-state index in [0.29, 0.717) is 6.04 Å². The van der Waals surface area contributed by atoms with Crippen molar-refractivity contribution in [2.75, 3.05) is 0 Å². The van der Waals surface area contributed by atoms with Gasteiger partial charge in [0, 0.05) is 6.04 Å². The average Bonchev–Trinajstić information content (AvgIpc) is 2.36. The maximum atomic E-state index is 5.78. The minimum absolute atomic E-state index is 0.426. The predicted molar refractivity (Wildman–Crippen MR) is 77.1 cm³/mol. The molecule has 1 aliphatic carbocycles. The zero-order chi connectivity index (χ0) is 13.0. The molecule has 3 atom stereocenters. The van der Waals surface area contributed by atoms with Crippen LogP contribution < -0.4 is 11.3 Å². The van der Waals surface area contributed by atoms with E-state index in [4.69, 9.17) is 5.84 Å². The first-order valence-electron chi connectivity index (χ1n) is 7.20. The second-order valence-corrected chi connectivity index (χ2v) is 6.00. The minimum Gasteiger partial charge on any atom is -0.271 e. The summed E-state index contributed by atoms with van der Waals surface area (Å²) < 4.78 is 0. The Morgan fingerprint density at radius 3 is 2.89 bits per heavy atom. The normalized spacial score (nSPS) is 25.9. The number of rotatable bonds is 4. The fourth-order valence-electron chi connectivity index (χ4n) is 3.30. The molecule has 1 aromatic rings. The van der Waals surface area contributed by atoms with Gasteiger partial charge in [-0.1, -0.05) is 49.6 Å². The Morgan fingerprint density at radius 1 is 1.39 bits per heavy atom. The van der Waals surface area contributed by atoms with Gasteiger partial charge in [-0.3, -0.25) is 11.3 Å². The van der Waals surface area contributed by atoms with Crippen molar-refractivity contribution in [3.63, 3.8) is 0 Å². The van der Waals surface area contributed by atoms with Gasteiger partial charge in [0.1, 0.15) is 0 Å². The number of hydrogen-bond donors (Lipinski definition) is 2. The van der Waals surface area contributed by atoms with Crippen LogP contribution in [0.1, 0.15) is 43.7 Å². The molecule has 100 valence electrons. The van der Waals surface area contributed by atoms with Gasteiger partial charge in [-0.15, -0.1) is 0 Å². The van der Waals surface area contributed by atoms with E-state index in [2.05, 4.69) is 43.5 Å². The molecule has 1 aliphatic rings. The molecule has 0 aromatic heterocycles. The second-order valence-electron chi connectivity index (χ2n) is 6.00. The molecular weight excluding hydrogens is 220 g/mol. The van der Waals surface area contributed by atoms with Gasteiger partial charge < -0.3 is 0 Å². The summed E-state index contributed by atoms with van der Waals surface area (Å²) in [6, 6.07) is 9.20. The van der Waals surface area contributed by atoms with Crippen LogP contribution in [0.25, 0.3) is 0 Å². The molecule has 0 heterocycles. The molecule has 2 heteroatoms. The summed E-state index contributed by atoms with van der Waals surface area (Å²) in [5.74, 6) is 7.38. The van der Waals surface area contributed by atoms with Crippen molar-refractivity contribution in [1.82, 2.24) is 5.43 Å². The Morgan fingerprint density at radius 2 is 2.22 bits per heavy atom. The van der Waals surface area contributed by atoms with Crippen molar-refractivity contribution in [3.05, 3.63) is 35.4 Å². The summed E-state index contributed by atoms with van der Waals surface area (Å²) in [5, 5.41) is 0. The lowest BCUT2D eigenvalue weighted by molar-refractivity contribution is 0.222. The maximum absolute atomic E-state index is 5.78. The second kappa shape index (κ2) is 6.35. The van der Waals surface area contributed by atoms with Gasteiger partial charge in [0.15, 0.2) is 0 Å². The first-order chi connectivity index (χ1) is 8.69. The van der Waals surface area contributed by atoms with Crippen LogP contribution in [0.3, 0.4) is 0 Å². The third-order valence-electron chi connectivity index (χ3n) is 4.30. The molecule has 0 amide bonds. The van der Waals surface area contributed by atoms with Crippen LogP contribution in [-0.4, -0.2) is 6.04 Å². The zero-order valence-electron chi connectivity index (χ0n) is 11.7. The first-order valence-corrected chi connectivity index (χ1v) is 7.20. The van der Waals surface area contributed by atoms with E-state index in [1.54, 1.807) is 0 Å². The van der Waals surface area contributed by atoms with E-state index in [1.165, 1.54) is 36.8 Å². The highest BCUT2D eigenvalue weighted by Crippen LogP contribution is 2.31. The molecule has 18 heavy (non-hydrogen) atoms. The lowest BCUT2D eigenvalue weighted by Crippen LogP contribution is -2.43. The highest BCUT2D eigenvalue weighted by atomic mass is 15.2. The highest BCUT2D eigenvalue weighted by molar-refractivity contribution is 5.23. The Labute approximate surface area is 111 Å². The summed E-state index contributed by atoms with van der Waals surface area (Å²) in [5.41, 5.74) is 5.79. The van der Waals surface area contributed by atoms with E-state index in [9.17, 15) is 0 Å². The minimum atomic E-state index is 0.426. The average molecular weight is 246 g/mol. The van der Waals surface area contributed by atoms with Crippen molar-refractivity contribution in [3.8, 4) is 0 Å². The third-order valence-corrected chi connectivity index (χ3v) is 4.30. The van der Waals surface area contributed by atoms with Gasteiger partial charge in [-0.25, -0.2) is 0 Å². The molecule has 1 aromatic carbocycles. The lowest BCUT2D eigenvalue weighted by atomic mass is 9.77. The van der Waals surface area contributed by atoms with E-state index in [-0.39, 0.29) is 0 Å². The number of nitrogens with one attached hydrogen (secondary N) is 1. The lowest BCUT2D eigenvalue weighted by Gasteiger charge is -2.33. The summed E-state index contributed by atoms with van der Waals surface area (Å²) in [6.07, 6.45) is 6.44. The quantitative estimate of drug-likeness (QED) is 0.632. The Kier molecular flexibility index (Phi) is 4.79. The van der Waals surface area contributed by atoms with Gasteiger partial charge >= 0.3 is 0 Å². The van der Waals surface area contributed by atoms with Gasteiger partial charge in [0.05, 0.1) is 0 Å². The van der Waals surface area contributed by atoms with E-state index < -0.39 is 0 Å². The van der Waals surface area contributed by atoms with E-state index in [1.807, 2.05) is 0 Å². The number of hydrazine groups is 1. The zero-order valence-corrected chi connectivity index (χ0v) is 11.7. The summed E-state index contributed by atoms with van der Waals surface area (Å²) >= 11 is 0. The van der Waals surface area contributed by atoms with Gasteiger partial charge in [-0.05, 0) is 43.6 Å². The number of benzene rings is 1. The molecule has 2 nitrogen and oxygen atoms in total. The molecule has 3 N–H and O–H groups in total. The molecule has 0 aliphatic heterocycles. The molecule has 0 saturated heterocycles. The number of nitrogens with two attached hydrogens (primary N) is 1. The van der Waals surface area contributed by atoms with Crippen molar-refractivity contribution < 1.29 is 0 Å². The topological polar surface area (TPSA) is 38.0 Å². The largest absolute Gasteiger partial charge is 0.271 e. The predicted octanol–water partition coefficient (Wildman–Crippen LogP) is 3.20. The van der Waals surface area contributed by atoms with Crippen LogP contribution in [0.2, 0.25) is 0 Å². The fraction of sp³-hybridized carbons (Fsp3) is 0.625. The van der Waals surface area contributed by atoms with Crippen LogP contribution >= 0.6 is 0 Å². The fourth-order valence-corrected chi connectivity index (χ4v) is 3.30. The third kappa shape index (κ3) is 3.56. The van der Waals surface area contributed by atoms with Crippen molar-refractivity contribution in [2.24, 2.45) is 17.7 Å². The van der Waals surface area contributed by atoms with Crippen LogP contribution in [0, 0.1) is 18.8 Å². The van der Waals surface area contributed by atoms with Gasteiger partial charge in [0.2, 0.25) is 0 Å². The molecule has 0 bridgehead atoms. The monoisotopic (exact) mass is 246 g/mol. The maximum Gasteiger partial charge on any atom is 0.0279 e. The van der Waals surface area contributed by atoms with E-state index >= 15 is 0 Å². The number of hydrogen-bond acceptors (Lipinski definition) is 2. The highest BCUT2D eigenvalue weighted by Gasteiger charge is 2.26. The smallest absolute Gasteiger partial charge is 0.0279 e. The Balaban J connectivity index is 2.00. The number of aryl methyl sites for hydroxylation is 1. The van der Waals surface area contributed by atoms with Crippen molar-refractivity contribution in [2.45, 2.75) is 52.0 Å². The molecule has 1 saturated carbocycles. The molecule has 0 spiro atoms. The Hall–Kier alpha value is -0.860. The van der Waals surface area contributed by atoms with Crippen LogP contribution in [-0.2, 0) is 6.42 Å². The van der Waals surface area contributed by atoms with Gasteiger partial charge in [-0.2, -0.15) is 0 Å². The first kappa shape index (κ1) is 13.6. The SMILES string of the molecule is Cc1cccc(CC(NN)C2CCCC(C)C2)c1. The van der Waals surface area contributed by atoms with Crippen LogP contribution in [0.4, 0.5) is 0 Å². The summed E-state index contributed by atoms with van der Waals surface area (Å²) in [6.45, 7) is 4.52. The Bertz CT molecular complexity index is 375. The molecular formula is C16H26N2. The van der Waals surface area contributed by atoms with E-state index in [0.717, 1.165) is 18.3 Å². The van der Waals surface area contributed by atoms with Crippen molar-refractivity contribution >= 4 is 0 Å². The van der Waals surface area contributed by atoms with Gasteiger partial charge in [0.25, 0.3) is 0 Å².